The molecular formula is C41H35N3O. The molecule has 0 N–H and O–H groups in total. The molecule has 0 saturated carbocycles. The van der Waals surface area contributed by atoms with Gasteiger partial charge in [0.2, 0.25) is 0 Å². The minimum atomic E-state index is 0.631. The summed E-state index contributed by atoms with van der Waals surface area (Å²) in [4.78, 5) is 4.65. The fraction of sp³-hybridized carbons (Fsp3) is 0.0732. The zero-order valence-corrected chi connectivity index (χ0v) is 25.2. The number of hydrogen-bond donors (Lipinski definition) is 0. The molecule has 0 aliphatic carbocycles. The van der Waals surface area contributed by atoms with E-state index in [4.69, 9.17) is 4.74 Å². The Hall–Kier alpha value is -5.74. The Labute approximate surface area is 264 Å². The van der Waals surface area contributed by atoms with E-state index < -0.39 is 0 Å². The number of para-hydroxylation sites is 4. The minimum absolute atomic E-state index is 0.631. The van der Waals surface area contributed by atoms with Gasteiger partial charge in [-0.05, 0) is 91.3 Å². The lowest BCUT2D eigenvalue weighted by molar-refractivity contribution is 0.240. The van der Waals surface area contributed by atoms with Crippen molar-refractivity contribution in [3.8, 4) is 0 Å². The fourth-order valence-corrected chi connectivity index (χ4v) is 6.19. The number of ether oxygens (including phenoxy) is 1. The zero-order chi connectivity index (χ0) is 30.4. The molecule has 45 heavy (non-hydrogen) atoms. The van der Waals surface area contributed by atoms with Crippen molar-refractivity contribution in [1.82, 2.24) is 4.57 Å². The highest BCUT2D eigenvalue weighted by atomic mass is 16.5. The summed E-state index contributed by atoms with van der Waals surface area (Å²) in [5, 5.41) is 2.43. The Kier molecular flexibility index (Phi) is 8.02. The van der Waals surface area contributed by atoms with Gasteiger partial charge < -0.3 is 19.1 Å². The van der Waals surface area contributed by atoms with Crippen LogP contribution in [0.1, 0.15) is 6.42 Å². The predicted octanol–water partition coefficient (Wildman–Crippen LogP) is 11.3. The SMILES string of the molecule is C=COCCCn1c2ccc(N(c3ccccc3)c3ccccc3)cc2c2cc(N(c3ccccc3)c3ccccc3)ccc21. The van der Waals surface area contributed by atoms with Crippen LogP contribution in [0.5, 0.6) is 0 Å². The van der Waals surface area contributed by atoms with Crippen molar-refractivity contribution in [2.75, 3.05) is 16.4 Å². The molecule has 0 spiro atoms. The van der Waals surface area contributed by atoms with Gasteiger partial charge in [0, 0.05) is 62.5 Å². The van der Waals surface area contributed by atoms with Gasteiger partial charge in [-0.2, -0.15) is 0 Å². The highest BCUT2D eigenvalue weighted by Crippen LogP contribution is 2.41. The summed E-state index contributed by atoms with van der Waals surface area (Å²) >= 11 is 0. The molecule has 6 aromatic carbocycles. The number of fused-ring (bicyclic) bond motifs is 3. The molecule has 4 heteroatoms. The Bertz CT molecular complexity index is 1800. The van der Waals surface area contributed by atoms with E-state index in [1.54, 1.807) is 0 Å². The average Bonchev–Trinajstić information content (AvgIpc) is 3.41. The van der Waals surface area contributed by atoms with Gasteiger partial charge in [0.15, 0.2) is 0 Å². The fourth-order valence-electron chi connectivity index (χ4n) is 6.19. The van der Waals surface area contributed by atoms with E-state index in [9.17, 15) is 0 Å². The Balaban J connectivity index is 1.43. The first kappa shape index (κ1) is 28.1. The second-order valence-electron chi connectivity index (χ2n) is 11.0. The van der Waals surface area contributed by atoms with Gasteiger partial charge in [0.1, 0.15) is 0 Å². The molecule has 0 saturated heterocycles. The Morgan fingerprint density at radius 2 is 0.867 bits per heavy atom. The molecule has 1 aromatic heterocycles. The number of nitrogens with zero attached hydrogens (tertiary/aromatic N) is 3. The van der Waals surface area contributed by atoms with E-state index in [0.717, 1.165) is 47.1 Å². The number of anilines is 6. The highest BCUT2D eigenvalue weighted by molar-refractivity contribution is 6.11. The molecule has 1 heterocycles. The van der Waals surface area contributed by atoms with Crippen LogP contribution in [0.4, 0.5) is 34.1 Å². The van der Waals surface area contributed by atoms with E-state index >= 15 is 0 Å². The van der Waals surface area contributed by atoms with Gasteiger partial charge in [-0.3, -0.25) is 0 Å². The van der Waals surface area contributed by atoms with Crippen LogP contribution in [0.2, 0.25) is 0 Å². The van der Waals surface area contributed by atoms with Gasteiger partial charge in [0.05, 0.1) is 12.9 Å². The van der Waals surface area contributed by atoms with E-state index in [0.29, 0.717) is 6.61 Å². The summed E-state index contributed by atoms with van der Waals surface area (Å²) < 4.78 is 7.92. The first-order valence-electron chi connectivity index (χ1n) is 15.4. The molecule has 0 aliphatic heterocycles. The van der Waals surface area contributed by atoms with Crippen LogP contribution in [0.15, 0.2) is 171 Å². The summed E-state index contributed by atoms with van der Waals surface area (Å²) in [7, 11) is 0. The lowest BCUT2D eigenvalue weighted by Gasteiger charge is -2.26. The molecule has 220 valence electrons. The largest absolute Gasteiger partial charge is 0.502 e. The maximum atomic E-state index is 5.49. The van der Waals surface area contributed by atoms with E-state index in [-0.39, 0.29) is 0 Å². The van der Waals surface area contributed by atoms with Crippen molar-refractivity contribution >= 4 is 55.9 Å². The van der Waals surface area contributed by atoms with Crippen molar-refractivity contribution in [2.24, 2.45) is 0 Å². The second-order valence-corrected chi connectivity index (χ2v) is 11.0. The van der Waals surface area contributed by atoms with Crippen molar-refractivity contribution in [2.45, 2.75) is 13.0 Å². The zero-order valence-electron chi connectivity index (χ0n) is 25.2. The topological polar surface area (TPSA) is 20.6 Å². The third kappa shape index (κ3) is 5.66. The number of hydrogen-bond acceptors (Lipinski definition) is 3. The molecule has 0 unspecified atom stereocenters. The molecular weight excluding hydrogens is 550 g/mol. The summed E-state index contributed by atoms with van der Waals surface area (Å²) in [5.74, 6) is 0. The molecule has 0 fully saturated rings. The summed E-state index contributed by atoms with van der Waals surface area (Å²) in [6.45, 7) is 5.18. The lowest BCUT2D eigenvalue weighted by Crippen LogP contribution is -2.09. The monoisotopic (exact) mass is 585 g/mol. The smallest absolute Gasteiger partial charge is 0.0890 e. The molecule has 0 atom stereocenters. The standard InChI is InChI=1S/C41H35N3O/c1-2-45-29-15-28-42-40-26-24-36(43(32-16-7-3-8-17-32)33-18-9-4-10-19-33)30-38(40)39-31-37(25-27-41(39)42)44(34-20-11-5-12-21-34)35-22-13-6-14-23-35/h2-14,16-27,30-31H,1,15,28-29H2. The Morgan fingerprint density at radius 1 is 0.489 bits per heavy atom. The number of aryl methyl sites for hydroxylation is 1. The maximum absolute atomic E-state index is 5.49. The lowest BCUT2D eigenvalue weighted by atomic mass is 10.1. The van der Waals surface area contributed by atoms with Crippen LogP contribution in [-0.4, -0.2) is 11.2 Å². The first-order chi connectivity index (χ1) is 22.3. The maximum Gasteiger partial charge on any atom is 0.0890 e. The van der Waals surface area contributed by atoms with Crippen LogP contribution < -0.4 is 9.80 Å². The van der Waals surface area contributed by atoms with Crippen LogP contribution in [0.25, 0.3) is 21.8 Å². The minimum Gasteiger partial charge on any atom is -0.502 e. The van der Waals surface area contributed by atoms with Gasteiger partial charge in [-0.25, -0.2) is 0 Å². The second kappa shape index (κ2) is 12.9. The quantitative estimate of drug-likeness (QED) is 0.111. The predicted molar refractivity (Wildman–Crippen MR) is 190 cm³/mol. The number of benzene rings is 6. The van der Waals surface area contributed by atoms with Gasteiger partial charge >= 0.3 is 0 Å². The molecule has 4 nitrogen and oxygen atoms in total. The summed E-state index contributed by atoms with van der Waals surface area (Å²) in [5.41, 5.74) is 9.11. The van der Waals surface area contributed by atoms with Crippen molar-refractivity contribution in [3.05, 3.63) is 171 Å². The van der Waals surface area contributed by atoms with E-state index in [2.05, 4.69) is 179 Å². The van der Waals surface area contributed by atoms with E-state index in [1.165, 1.54) is 28.1 Å². The molecule has 0 bridgehead atoms. The normalized spacial score (nSPS) is 11.0. The molecule has 0 amide bonds. The van der Waals surface area contributed by atoms with Crippen LogP contribution in [0, 0.1) is 0 Å². The molecule has 7 aromatic rings. The Morgan fingerprint density at radius 3 is 1.22 bits per heavy atom. The summed E-state index contributed by atoms with van der Waals surface area (Å²) in [6.07, 6.45) is 2.41. The number of aromatic nitrogens is 1. The van der Waals surface area contributed by atoms with Crippen LogP contribution in [0.3, 0.4) is 0 Å². The van der Waals surface area contributed by atoms with Crippen molar-refractivity contribution in [3.63, 3.8) is 0 Å². The first-order valence-corrected chi connectivity index (χ1v) is 15.4. The highest BCUT2D eigenvalue weighted by Gasteiger charge is 2.19. The molecule has 0 aliphatic rings. The molecule has 7 rings (SSSR count). The van der Waals surface area contributed by atoms with Gasteiger partial charge in [0.25, 0.3) is 0 Å². The van der Waals surface area contributed by atoms with Crippen LogP contribution in [-0.2, 0) is 11.3 Å². The average molecular weight is 586 g/mol. The van der Waals surface area contributed by atoms with Crippen LogP contribution >= 0.6 is 0 Å². The summed E-state index contributed by atoms with van der Waals surface area (Å²) in [6, 6.07) is 56.0. The van der Waals surface area contributed by atoms with Gasteiger partial charge in [-0.15, -0.1) is 0 Å². The van der Waals surface area contributed by atoms with Crippen molar-refractivity contribution < 1.29 is 4.74 Å². The van der Waals surface area contributed by atoms with Gasteiger partial charge in [-0.1, -0.05) is 79.4 Å². The molecule has 0 radical (unpaired) electrons. The number of rotatable bonds is 11. The third-order valence-corrected chi connectivity index (χ3v) is 8.17. The van der Waals surface area contributed by atoms with E-state index in [1.807, 2.05) is 0 Å². The van der Waals surface area contributed by atoms with Crippen molar-refractivity contribution in [1.29, 1.82) is 0 Å². The third-order valence-electron chi connectivity index (χ3n) is 8.17.